The fourth-order valence-electron chi connectivity index (χ4n) is 5.83. The minimum atomic E-state index is 0.266. The quantitative estimate of drug-likeness (QED) is 0.746. The van der Waals surface area contributed by atoms with Crippen molar-refractivity contribution in [3.63, 3.8) is 0 Å². The number of ether oxygens (including phenoxy) is 2. The topological polar surface area (TPSA) is 18.5 Å². The Bertz CT molecular complexity index is 590. The van der Waals surface area contributed by atoms with Crippen molar-refractivity contribution in [2.75, 3.05) is 14.2 Å². The molecule has 0 spiro atoms. The van der Waals surface area contributed by atoms with Crippen molar-refractivity contribution in [1.29, 1.82) is 0 Å². The van der Waals surface area contributed by atoms with Crippen LogP contribution >= 0.6 is 0 Å². The third-order valence-electron chi connectivity index (χ3n) is 7.15. The second-order valence-electron chi connectivity index (χ2n) is 8.34. The number of rotatable bonds is 3. The van der Waals surface area contributed by atoms with E-state index in [0.717, 1.165) is 29.8 Å². The molecular weight excluding hydrogens is 284 g/mol. The van der Waals surface area contributed by atoms with Crippen molar-refractivity contribution < 1.29 is 9.47 Å². The van der Waals surface area contributed by atoms with Crippen LogP contribution in [0.2, 0.25) is 0 Å². The lowest BCUT2D eigenvalue weighted by atomic mass is 9.47. The molecule has 3 unspecified atom stereocenters. The first-order valence-electron chi connectivity index (χ1n) is 9.13. The van der Waals surface area contributed by atoms with Gasteiger partial charge in [0.1, 0.15) is 0 Å². The summed E-state index contributed by atoms with van der Waals surface area (Å²) in [6.07, 6.45) is 6.39. The molecule has 2 heteroatoms. The Morgan fingerprint density at radius 3 is 2.30 bits per heavy atom. The molecule has 3 rings (SSSR count). The van der Waals surface area contributed by atoms with Gasteiger partial charge in [-0.05, 0) is 71.6 Å². The van der Waals surface area contributed by atoms with Crippen LogP contribution in [-0.4, -0.2) is 14.2 Å². The average molecular weight is 316 g/mol. The number of aryl methyl sites for hydroxylation is 1. The van der Waals surface area contributed by atoms with Gasteiger partial charge in [0.15, 0.2) is 11.5 Å². The standard InChI is InChI=1S/C21H32O2/c1-7-15-10-11-21(4)16-13-18(23-6)17(22-5)12-14(16)8-9-19(21)20(15,2)3/h12-13,15,19H,7-11H2,1-6H3. The highest BCUT2D eigenvalue weighted by Gasteiger charge is 2.53. The first-order valence-corrected chi connectivity index (χ1v) is 9.13. The van der Waals surface area contributed by atoms with Gasteiger partial charge < -0.3 is 9.47 Å². The van der Waals surface area contributed by atoms with Crippen molar-refractivity contribution >= 4 is 0 Å². The summed E-state index contributed by atoms with van der Waals surface area (Å²) >= 11 is 0. The molecule has 0 heterocycles. The summed E-state index contributed by atoms with van der Waals surface area (Å²) in [6, 6.07) is 4.48. The molecular formula is C21H32O2. The molecule has 0 radical (unpaired) electrons. The van der Waals surface area contributed by atoms with E-state index in [-0.39, 0.29) is 5.41 Å². The van der Waals surface area contributed by atoms with E-state index in [4.69, 9.17) is 9.47 Å². The summed E-state index contributed by atoms with van der Waals surface area (Å²) < 4.78 is 11.1. The van der Waals surface area contributed by atoms with Crippen LogP contribution in [0.3, 0.4) is 0 Å². The Labute approximate surface area is 141 Å². The van der Waals surface area contributed by atoms with Crippen LogP contribution < -0.4 is 9.47 Å². The lowest BCUT2D eigenvalue weighted by Gasteiger charge is -2.57. The van der Waals surface area contributed by atoms with Crippen LogP contribution in [0.4, 0.5) is 0 Å². The number of fused-ring (bicyclic) bond motifs is 3. The summed E-state index contributed by atoms with van der Waals surface area (Å²) in [6.45, 7) is 9.87. The first-order chi connectivity index (χ1) is 10.9. The Morgan fingerprint density at radius 1 is 1.04 bits per heavy atom. The number of benzene rings is 1. The number of methoxy groups -OCH3 is 2. The van der Waals surface area contributed by atoms with Crippen molar-refractivity contribution in [2.45, 2.75) is 65.2 Å². The summed E-state index contributed by atoms with van der Waals surface area (Å²) in [7, 11) is 3.47. The van der Waals surface area contributed by atoms with E-state index >= 15 is 0 Å². The molecule has 2 aliphatic rings. The molecule has 1 aromatic carbocycles. The predicted molar refractivity (Wildman–Crippen MR) is 95.5 cm³/mol. The predicted octanol–water partition coefficient (Wildman–Crippen LogP) is 5.37. The van der Waals surface area contributed by atoms with Crippen molar-refractivity contribution in [1.82, 2.24) is 0 Å². The molecule has 128 valence electrons. The van der Waals surface area contributed by atoms with Crippen LogP contribution in [0, 0.1) is 17.3 Å². The van der Waals surface area contributed by atoms with Gasteiger partial charge >= 0.3 is 0 Å². The van der Waals surface area contributed by atoms with Crippen molar-refractivity contribution in [3.05, 3.63) is 23.3 Å². The Hall–Kier alpha value is -1.18. The molecule has 0 saturated heterocycles. The summed E-state index contributed by atoms with van der Waals surface area (Å²) in [5.74, 6) is 3.35. The zero-order valence-corrected chi connectivity index (χ0v) is 15.7. The smallest absolute Gasteiger partial charge is 0.161 e. The van der Waals surface area contributed by atoms with E-state index in [9.17, 15) is 0 Å². The third-order valence-corrected chi connectivity index (χ3v) is 7.15. The van der Waals surface area contributed by atoms with Crippen LogP contribution in [0.25, 0.3) is 0 Å². The molecule has 0 aliphatic heterocycles. The van der Waals surface area contributed by atoms with Gasteiger partial charge in [0.2, 0.25) is 0 Å². The highest BCUT2D eigenvalue weighted by molar-refractivity contribution is 5.51. The summed E-state index contributed by atoms with van der Waals surface area (Å²) in [4.78, 5) is 0. The van der Waals surface area contributed by atoms with E-state index in [0.29, 0.717) is 5.41 Å². The Morgan fingerprint density at radius 2 is 1.70 bits per heavy atom. The lowest BCUT2D eigenvalue weighted by Crippen LogP contribution is -2.51. The highest BCUT2D eigenvalue weighted by atomic mass is 16.5. The van der Waals surface area contributed by atoms with E-state index in [1.807, 2.05) is 0 Å². The van der Waals surface area contributed by atoms with E-state index in [2.05, 4.69) is 39.8 Å². The first kappa shape index (κ1) is 16.7. The fraction of sp³-hybridized carbons (Fsp3) is 0.714. The van der Waals surface area contributed by atoms with Crippen molar-refractivity contribution in [3.8, 4) is 11.5 Å². The van der Waals surface area contributed by atoms with Gasteiger partial charge in [-0.25, -0.2) is 0 Å². The molecule has 0 N–H and O–H groups in total. The molecule has 0 amide bonds. The van der Waals surface area contributed by atoms with Gasteiger partial charge in [-0.15, -0.1) is 0 Å². The number of hydrogen-bond donors (Lipinski definition) is 0. The maximum absolute atomic E-state index is 5.60. The normalized spacial score (nSPS) is 31.9. The van der Waals surface area contributed by atoms with E-state index < -0.39 is 0 Å². The number of hydrogen-bond acceptors (Lipinski definition) is 2. The van der Waals surface area contributed by atoms with Crippen molar-refractivity contribution in [2.24, 2.45) is 17.3 Å². The molecule has 0 bridgehead atoms. The molecule has 1 saturated carbocycles. The maximum Gasteiger partial charge on any atom is 0.161 e. The fourth-order valence-corrected chi connectivity index (χ4v) is 5.83. The van der Waals surface area contributed by atoms with Gasteiger partial charge in [-0.1, -0.05) is 34.1 Å². The Kier molecular flexibility index (Phi) is 4.14. The zero-order chi connectivity index (χ0) is 16.8. The van der Waals surface area contributed by atoms with Crippen LogP contribution in [0.1, 0.15) is 64.5 Å². The minimum absolute atomic E-state index is 0.266. The molecule has 2 nitrogen and oxygen atoms in total. The molecule has 1 fully saturated rings. The second kappa shape index (κ2) is 5.72. The lowest BCUT2D eigenvalue weighted by molar-refractivity contribution is -0.0156. The largest absolute Gasteiger partial charge is 0.493 e. The molecule has 0 aromatic heterocycles. The van der Waals surface area contributed by atoms with Gasteiger partial charge in [0.05, 0.1) is 14.2 Å². The van der Waals surface area contributed by atoms with Gasteiger partial charge in [-0.3, -0.25) is 0 Å². The summed E-state index contributed by atoms with van der Waals surface area (Å²) in [5, 5.41) is 0. The summed E-state index contributed by atoms with van der Waals surface area (Å²) in [5.41, 5.74) is 3.65. The SMILES string of the molecule is CCC1CCC2(C)c3cc(OC)c(OC)cc3CCC2C1(C)C. The van der Waals surface area contributed by atoms with Crippen LogP contribution in [-0.2, 0) is 11.8 Å². The third kappa shape index (κ3) is 2.37. The van der Waals surface area contributed by atoms with Crippen LogP contribution in [0.15, 0.2) is 12.1 Å². The van der Waals surface area contributed by atoms with Gasteiger partial charge in [0.25, 0.3) is 0 Å². The maximum atomic E-state index is 5.60. The van der Waals surface area contributed by atoms with E-state index in [1.54, 1.807) is 14.2 Å². The molecule has 23 heavy (non-hydrogen) atoms. The molecule has 3 atom stereocenters. The van der Waals surface area contributed by atoms with Gasteiger partial charge in [0, 0.05) is 0 Å². The second-order valence-corrected chi connectivity index (χ2v) is 8.34. The molecule has 2 aliphatic carbocycles. The minimum Gasteiger partial charge on any atom is -0.493 e. The van der Waals surface area contributed by atoms with Crippen LogP contribution in [0.5, 0.6) is 11.5 Å². The Balaban J connectivity index is 2.10. The van der Waals surface area contributed by atoms with E-state index in [1.165, 1.54) is 36.8 Å². The molecule has 1 aromatic rings. The zero-order valence-electron chi connectivity index (χ0n) is 15.7. The highest BCUT2D eigenvalue weighted by Crippen LogP contribution is 2.60. The van der Waals surface area contributed by atoms with Gasteiger partial charge in [-0.2, -0.15) is 0 Å². The average Bonchev–Trinajstić information content (AvgIpc) is 2.53. The monoisotopic (exact) mass is 316 g/mol.